The summed E-state index contributed by atoms with van der Waals surface area (Å²) >= 11 is 12.1. The number of amides is 2. The normalized spacial score (nSPS) is 14.6. The standard InChI is InChI=1S/C18H19Cl2N3O/c1-13-16(20)6-3-7-17(13)22-8-10-23(11-9-22)18(24)21-15-5-2-4-14(19)12-15/h2-7,12H,8-11H2,1H3,(H,21,24). The molecule has 1 saturated heterocycles. The van der Waals surface area contributed by atoms with Gasteiger partial charge in [0.15, 0.2) is 0 Å². The molecule has 1 fully saturated rings. The molecule has 3 rings (SSSR count). The fraction of sp³-hybridized carbons (Fsp3) is 0.278. The zero-order valence-corrected chi connectivity index (χ0v) is 14.9. The van der Waals surface area contributed by atoms with Gasteiger partial charge < -0.3 is 15.1 Å². The predicted molar refractivity (Wildman–Crippen MR) is 100 cm³/mol. The van der Waals surface area contributed by atoms with Gasteiger partial charge in [-0.05, 0) is 42.8 Å². The largest absolute Gasteiger partial charge is 0.368 e. The number of anilines is 2. The average molecular weight is 364 g/mol. The van der Waals surface area contributed by atoms with Crippen LogP contribution in [0.4, 0.5) is 16.2 Å². The van der Waals surface area contributed by atoms with Gasteiger partial charge >= 0.3 is 6.03 Å². The number of nitrogens with zero attached hydrogens (tertiary/aromatic N) is 2. The number of carbonyl (C=O) groups is 1. The van der Waals surface area contributed by atoms with Crippen LogP contribution >= 0.6 is 23.2 Å². The van der Waals surface area contributed by atoms with Gasteiger partial charge in [0.05, 0.1) is 0 Å². The number of halogens is 2. The first-order valence-corrected chi connectivity index (χ1v) is 8.62. The highest BCUT2D eigenvalue weighted by Crippen LogP contribution is 2.27. The number of rotatable bonds is 2. The minimum Gasteiger partial charge on any atom is -0.368 e. The van der Waals surface area contributed by atoms with Gasteiger partial charge in [-0.15, -0.1) is 0 Å². The van der Waals surface area contributed by atoms with Gasteiger partial charge in [-0.2, -0.15) is 0 Å². The van der Waals surface area contributed by atoms with E-state index in [0.29, 0.717) is 23.8 Å². The van der Waals surface area contributed by atoms with Crippen molar-refractivity contribution in [1.29, 1.82) is 0 Å². The number of hydrogen-bond acceptors (Lipinski definition) is 2. The number of carbonyl (C=O) groups excluding carboxylic acids is 1. The van der Waals surface area contributed by atoms with Crippen LogP contribution in [0, 0.1) is 6.92 Å². The lowest BCUT2D eigenvalue weighted by molar-refractivity contribution is 0.208. The minimum atomic E-state index is -0.0975. The van der Waals surface area contributed by atoms with E-state index >= 15 is 0 Å². The van der Waals surface area contributed by atoms with Crippen LogP contribution in [-0.4, -0.2) is 37.1 Å². The molecule has 0 radical (unpaired) electrons. The molecule has 1 heterocycles. The number of benzene rings is 2. The van der Waals surface area contributed by atoms with Gasteiger partial charge in [0.25, 0.3) is 0 Å². The molecule has 0 atom stereocenters. The zero-order chi connectivity index (χ0) is 17.1. The molecule has 2 aromatic carbocycles. The Labute approximate surface area is 152 Å². The van der Waals surface area contributed by atoms with E-state index in [9.17, 15) is 4.79 Å². The molecule has 0 spiro atoms. The maximum Gasteiger partial charge on any atom is 0.321 e. The van der Waals surface area contributed by atoms with Crippen LogP contribution in [0.2, 0.25) is 10.0 Å². The molecule has 0 saturated carbocycles. The molecule has 6 heteroatoms. The Kier molecular flexibility index (Phi) is 5.17. The minimum absolute atomic E-state index is 0.0975. The van der Waals surface area contributed by atoms with Crippen molar-refractivity contribution in [1.82, 2.24) is 4.90 Å². The number of nitrogens with one attached hydrogen (secondary N) is 1. The predicted octanol–water partition coefficient (Wildman–Crippen LogP) is 4.66. The van der Waals surface area contributed by atoms with Crippen LogP contribution in [0.1, 0.15) is 5.56 Å². The average Bonchev–Trinajstić information content (AvgIpc) is 2.57. The molecule has 1 aliphatic heterocycles. The van der Waals surface area contributed by atoms with E-state index in [1.54, 1.807) is 12.1 Å². The molecular formula is C18H19Cl2N3O. The van der Waals surface area contributed by atoms with Crippen molar-refractivity contribution < 1.29 is 4.79 Å². The summed E-state index contributed by atoms with van der Waals surface area (Å²) < 4.78 is 0. The smallest absolute Gasteiger partial charge is 0.321 e. The van der Waals surface area contributed by atoms with Crippen LogP contribution in [0.3, 0.4) is 0 Å². The molecule has 0 aromatic heterocycles. The van der Waals surface area contributed by atoms with Crippen molar-refractivity contribution in [3.63, 3.8) is 0 Å². The van der Waals surface area contributed by atoms with Crippen molar-refractivity contribution in [2.24, 2.45) is 0 Å². The van der Waals surface area contributed by atoms with E-state index in [1.165, 1.54) is 0 Å². The summed E-state index contributed by atoms with van der Waals surface area (Å²) in [5.41, 5.74) is 2.93. The zero-order valence-electron chi connectivity index (χ0n) is 13.4. The van der Waals surface area contributed by atoms with Crippen molar-refractivity contribution in [2.45, 2.75) is 6.92 Å². The third-order valence-corrected chi connectivity index (χ3v) is 4.87. The van der Waals surface area contributed by atoms with Gasteiger partial charge in [0.1, 0.15) is 0 Å². The molecule has 126 valence electrons. The topological polar surface area (TPSA) is 35.6 Å². The molecule has 2 amide bonds. The summed E-state index contributed by atoms with van der Waals surface area (Å²) in [4.78, 5) is 16.5. The summed E-state index contributed by atoms with van der Waals surface area (Å²) in [6.07, 6.45) is 0. The van der Waals surface area contributed by atoms with E-state index in [4.69, 9.17) is 23.2 Å². The van der Waals surface area contributed by atoms with E-state index < -0.39 is 0 Å². The van der Waals surface area contributed by atoms with Crippen LogP contribution in [0.25, 0.3) is 0 Å². The summed E-state index contributed by atoms with van der Waals surface area (Å²) in [6, 6.07) is 13.0. The second-order valence-corrected chi connectivity index (χ2v) is 6.64. The Bertz CT molecular complexity index is 743. The summed E-state index contributed by atoms with van der Waals surface area (Å²) in [7, 11) is 0. The van der Waals surface area contributed by atoms with Gasteiger partial charge in [-0.25, -0.2) is 4.79 Å². The van der Waals surface area contributed by atoms with Crippen molar-refractivity contribution >= 4 is 40.6 Å². The highest BCUT2D eigenvalue weighted by molar-refractivity contribution is 6.31. The summed E-state index contributed by atoms with van der Waals surface area (Å²) in [5.74, 6) is 0. The van der Waals surface area contributed by atoms with E-state index in [-0.39, 0.29) is 6.03 Å². The Morgan fingerprint density at radius 2 is 1.75 bits per heavy atom. The van der Waals surface area contributed by atoms with E-state index in [1.807, 2.05) is 36.1 Å². The van der Waals surface area contributed by atoms with Crippen LogP contribution in [-0.2, 0) is 0 Å². The van der Waals surface area contributed by atoms with Crippen molar-refractivity contribution in [2.75, 3.05) is 36.4 Å². The third-order valence-electron chi connectivity index (χ3n) is 4.22. The second-order valence-electron chi connectivity index (χ2n) is 5.80. The van der Waals surface area contributed by atoms with Gasteiger partial charge in [-0.3, -0.25) is 0 Å². The Hall–Kier alpha value is -1.91. The molecular weight excluding hydrogens is 345 g/mol. The first-order valence-electron chi connectivity index (χ1n) is 7.86. The monoisotopic (exact) mass is 363 g/mol. The number of piperazine rings is 1. The van der Waals surface area contributed by atoms with Crippen LogP contribution in [0.15, 0.2) is 42.5 Å². The SMILES string of the molecule is Cc1c(Cl)cccc1N1CCN(C(=O)Nc2cccc(Cl)c2)CC1. The first-order chi connectivity index (χ1) is 11.5. The number of hydrogen-bond donors (Lipinski definition) is 1. The molecule has 1 aliphatic rings. The Morgan fingerprint density at radius 1 is 1.04 bits per heavy atom. The molecule has 24 heavy (non-hydrogen) atoms. The molecule has 0 aliphatic carbocycles. The van der Waals surface area contributed by atoms with Crippen LogP contribution in [0.5, 0.6) is 0 Å². The molecule has 0 bridgehead atoms. The number of urea groups is 1. The third kappa shape index (κ3) is 3.77. The second kappa shape index (κ2) is 7.32. The van der Waals surface area contributed by atoms with Crippen molar-refractivity contribution in [3.8, 4) is 0 Å². The lowest BCUT2D eigenvalue weighted by atomic mass is 10.1. The molecule has 4 nitrogen and oxygen atoms in total. The molecule has 1 N–H and O–H groups in total. The highest BCUT2D eigenvalue weighted by atomic mass is 35.5. The lowest BCUT2D eigenvalue weighted by Crippen LogP contribution is -2.50. The summed E-state index contributed by atoms with van der Waals surface area (Å²) in [5, 5.41) is 4.27. The summed E-state index contributed by atoms with van der Waals surface area (Å²) in [6.45, 7) is 4.92. The van der Waals surface area contributed by atoms with Gasteiger partial charge in [0, 0.05) is 47.6 Å². The van der Waals surface area contributed by atoms with Crippen LogP contribution < -0.4 is 10.2 Å². The quantitative estimate of drug-likeness (QED) is 0.842. The van der Waals surface area contributed by atoms with E-state index in [0.717, 1.165) is 29.4 Å². The fourth-order valence-electron chi connectivity index (χ4n) is 2.86. The molecule has 0 unspecified atom stereocenters. The van der Waals surface area contributed by atoms with Crippen molar-refractivity contribution in [3.05, 3.63) is 58.1 Å². The maximum absolute atomic E-state index is 12.4. The highest BCUT2D eigenvalue weighted by Gasteiger charge is 2.22. The van der Waals surface area contributed by atoms with Gasteiger partial charge in [0.2, 0.25) is 0 Å². The van der Waals surface area contributed by atoms with Gasteiger partial charge in [-0.1, -0.05) is 35.3 Å². The molecule has 2 aromatic rings. The first kappa shape index (κ1) is 16.9. The van der Waals surface area contributed by atoms with E-state index in [2.05, 4.69) is 16.3 Å². The lowest BCUT2D eigenvalue weighted by Gasteiger charge is -2.36. The Morgan fingerprint density at radius 3 is 2.46 bits per heavy atom. The maximum atomic E-state index is 12.4. The Balaban J connectivity index is 1.60. The fourth-order valence-corrected chi connectivity index (χ4v) is 3.22.